The second-order valence-corrected chi connectivity index (χ2v) is 6.71. The van der Waals surface area contributed by atoms with Gasteiger partial charge in [-0.25, -0.2) is 8.42 Å². The van der Waals surface area contributed by atoms with Gasteiger partial charge in [0.25, 0.3) is 0 Å². The summed E-state index contributed by atoms with van der Waals surface area (Å²) in [6.45, 7) is 8.54. The van der Waals surface area contributed by atoms with Gasteiger partial charge in [0.05, 0.1) is 18.5 Å². The molecule has 0 aromatic rings. The lowest BCUT2D eigenvalue weighted by Crippen LogP contribution is -2.52. The smallest absolute Gasteiger partial charge is 0.218 e. The first-order chi connectivity index (χ1) is 8.04. The van der Waals surface area contributed by atoms with Crippen LogP contribution in [-0.4, -0.2) is 56.9 Å². The third kappa shape index (κ3) is 3.64. The zero-order valence-corrected chi connectivity index (χ0v) is 11.8. The fraction of sp³-hybridized carbons (Fsp3) is 1.00. The topological polar surface area (TPSA) is 58.6 Å². The normalized spacial score (nSPS) is 24.8. The molecular formula is C11H24N2O3S. The average molecular weight is 264 g/mol. The summed E-state index contributed by atoms with van der Waals surface area (Å²) in [6.07, 6.45) is 0.799. The third-order valence-corrected chi connectivity index (χ3v) is 5.48. The number of ether oxygens (including phenoxy) is 1. The second-order valence-electron chi connectivity index (χ2n) is 4.41. The van der Waals surface area contributed by atoms with Gasteiger partial charge in [-0.3, -0.25) is 0 Å². The molecule has 6 heteroatoms. The number of nitrogens with one attached hydrogen (secondary N) is 1. The van der Waals surface area contributed by atoms with Gasteiger partial charge < -0.3 is 10.1 Å². The molecule has 0 amide bonds. The van der Waals surface area contributed by atoms with Gasteiger partial charge in [-0.1, -0.05) is 13.8 Å². The van der Waals surface area contributed by atoms with Gasteiger partial charge in [-0.15, -0.1) is 0 Å². The van der Waals surface area contributed by atoms with Crippen LogP contribution in [-0.2, 0) is 14.8 Å². The van der Waals surface area contributed by atoms with E-state index in [1.807, 2.05) is 13.8 Å². The van der Waals surface area contributed by atoms with Gasteiger partial charge in [-0.2, -0.15) is 4.31 Å². The van der Waals surface area contributed by atoms with Crippen LogP contribution in [0.5, 0.6) is 0 Å². The van der Waals surface area contributed by atoms with E-state index in [9.17, 15) is 8.42 Å². The van der Waals surface area contributed by atoms with Crippen LogP contribution in [0.4, 0.5) is 0 Å². The molecule has 0 aromatic carbocycles. The first-order valence-corrected chi connectivity index (χ1v) is 7.83. The van der Waals surface area contributed by atoms with Crippen LogP contribution in [0, 0.1) is 0 Å². The van der Waals surface area contributed by atoms with Gasteiger partial charge in [0.15, 0.2) is 0 Å². The van der Waals surface area contributed by atoms with E-state index < -0.39 is 10.0 Å². The highest BCUT2D eigenvalue weighted by atomic mass is 32.2. The van der Waals surface area contributed by atoms with E-state index in [-0.39, 0.29) is 11.3 Å². The van der Waals surface area contributed by atoms with E-state index in [2.05, 4.69) is 5.32 Å². The Morgan fingerprint density at radius 1 is 1.47 bits per heavy atom. The maximum Gasteiger partial charge on any atom is 0.218 e. The fourth-order valence-electron chi connectivity index (χ4n) is 1.98. The minimum atomic E-state index is -3.20. The van der Waals surface area contributed by atoms with E-state index in [0.29, 0.717) is 26.3 Å². The summed E-state index contributed by atoms with van der Waals surface area (Å²) in [5.74, 6) is 0. The van der Waals surface area contributed by atoms with Crippen molar-refractivity contribution in [3.05, 3.63) is 0 Å². The Morgan fingerprint density at radius 2 is 2.18 bits per heavy atom. The van der Waals surface area contributed by atoms with Gasteiger partial charge >= 0.3 is 0 Å². The molecule has 102 valence electrons. The molecule has 1 N–H and O–H groups in total. The molecule has 1 fully saturated rings. The molecule has 0 saturated carbocycles. The van der Waals surface area contributed by atoms with Crippen molar-refractivity contribution in [2.24, 2.45) is 0 Å². The standard InChI is InChI=1S/C11H24N2O3S/c1-4-11-9-16-7-6-13(11)17(14,15)10(3)8-12-5-2/h10-12H,4-9H2,1-3H3. The lowest BCUT2D eigenvalue weighted by Gasteiger charge is -2.35. The molecular weight excluding hydrogens is 240 g/mol. The second kappa shape index (κ2) is 6.68. The van der Waals surface area contributed by atoms with Gasteiger partial charge in [0, 0.05) is 19.1 Å². The Balaban J connectivity index is 2.73. The van der Waals surface area contributed by atoms with Crippen molar-refractivity contribution >= 4 is 10.0 Å². The Bertz CT molecular complexity index is 319. The highest BCUT2D eigenvalue weighted by Crippen LogP contribution is 2.18. The Hall–Kier alpha value is -0.170. The molecule has 2 atom stereocenters. The minimum absolute atomic E-state index is 0.00201. The van der Waals surface area contributed by atoms with Crippen molar-refractivity contribution in [3.63, 3.8) is 0 Å². The molecule has 0 aliphatic carbocycles. The van der Waals surface area contributed by atoms with Crippen molar-refractivity contribution in [2.75, 3.05) is 32.8 Å². The molecule has 0 radical (unpaired) electrons. The first-order valence-electron chi connectivity index (χ1n) is 6.33. The van der Waals surface area contributed by atoms with Crippen LogP contribution in [0.3, 0.4) is 0 Å². The molecule has 5 nitrogen and oxygen atoms in total. The van der Waals surface area contributed by atoms with E-state index in [4.69, 9.17) is 4.74 Å². The average Bonchev–Trinajstić information content (AvgIpc) is 2.35. The van der Waals surface area contributed by atoms with E-state index >= 15 is 0 Å². The fourth-order valence-corrected chi connectivity index (χ4v) is 3.73. The third-order valence-electron chi connectivity index (χ3n) is 3.16. The lowest BCUT2D eigenvalue weighted by molar-refractivity contribution is 0.0310. The Morgan fingerprint density at radius 3 is 2.76 bits per heavy atom. The number of morpholine rings is 1. The first kappa shape index (κ1) is 14.9. The number of nitrogens with zero attached hydrogens (tertiary/aromatic N) is 1. The molecule has 1 aliphatic rings. The quantitative estimate of drug-likeness (QED) is 0.755. The molecule has 0 spiro atoms. The van der Waals surface area contributed by atoms with Crippen LogP contribution in [0.25, 0.3) is 0 Å². The molecule has 17 heavy (non-hydrogen) atoms. The molecule has 1 aliphatic heterocycles. The van der Waals surface area contributed by atoms with Crippen molar-refractivity contribution in [1.82, 2.24) is 9.62 Å². The van der Waals surface area contributed by atoms with Crippen molar-refractivity contribution in [3.8, 4) is 0 Å². The van der Waals surface area contributed by atoms with E-state index in [0.717, 1.165) is 13.0 Å². The molecule has 0 aromatic heterocycles. The highest BCUT2D eigenvalue weighted by molar-refractivity contribution is 7.89. The zero-order valence-electron chi connectivity index (χ0n) is 11.0. The van der Waals surface area contributed by atoms with Crippen molar-refractivity contribution in [2.45, 2.75) is 38.5 Å². The maximum atomic E-state index is 12.4. The number of rotatable bonds is 6. The van der Waals surface area contributed by atoms with Crippen molar-refractivity contribution < 1.29 is 13.2 Å². The van der Waals surface area contributed by atoms with Crippen LogP contribution in [0.1, 0.15) is 27.2 Å². The van der Waals surface area contributed by atoms with Crippen LogP contribution >= 0.6 is 0 Å². The Kier molecular flexibility index (Phi) is 5.85. The van der Waals surface area contributed by atoms with Gasteiger partial charge in [0.2, 0.25) is 10.0 Å². The minimum Gasteiger partial charge on any atom is -0.378 e. The summed E-state index contributed by atoms with van der Waals surface area (Å²) in [6, 6.07) is -0.00201. The molecule has 1 saturated heterocycles. The predicted molar refractivity (Wildman–Crippen MR) is 68.5 cm³/mol. The summed E-state index contributed by atoms with van der Waals surface area (Å²) < 4.78 is 31.7. The van der Waals surface area contributed by atoms with E-state index in [1.54, 1.807) is 11.2 Å². The predicted octanol–water partition coefficient (Wildman–Crippen LogP) is 0.425. The van der Waals surface area contributed by atoms with Gasteiger partial charge in [-0.05, 0) is 19.9 Å². The lowest BCUT2D eigenvalue weighted by atomic mass is 10.2. The molecule has 2 unspecified atom stereocenters. The SMILES string of the molecule is CCNCC(C)S(=O)(=O)N1CCOCC1CC. The molecule has 1 rings (SSSR count). The summed E-state index contributed by atoms with van der Waals surface area (Å²) in [5, 5.41) is 2.71. The maximum absolute atomic E-state index is 12.4. The largest absolute Gasteiger partial charge is 0.378 e. The highest BCUT2D eigenvalue weighted by Gasteiger charge is 2.35. The van der Waals surface area contributed by atoms with Crippen molar-refractivity contribution in [1.29, 1.82) is 0 Å². The molecule has 0 bridgehead atoms. The molecule has 1 heterocycles. The number of sulfonamides is 1. The van der Waals surface area contributed by atoms with Crippen LogP contribution < -0.4 is 5.32 Å². The number of hydrogen-bond donors (Lipinski definition) is 1. The van der Waals surface area contributed by atoms with E-state index in [1.165, 1.54) is 0 Å². The van der Waals surface area contributed by atoms with Gasteiger partial charge in [0.1, 0.15) is 0 Å². The summed E-state index contributed by atoms with van der Waals surface area (Å²) in [4.78, 5) is 0. The Labute approximate surface area is 105 Å². The summed E-state index contributed by atoms with van der Waals surface area (Å²) in [7, 11) is -3.20. The summed E-state index contributed by atoms with van der Waals surface area (Å²) >= 11 is 0. The zero-order chi connectivity index (χ0) is 12.9. The van der Waals surface area contributed by atoms with Crippen LogP contribution in [0.15, 0.2) is 0 Å². The number of hydrogen-bond acceptors (Lipinski definition) is 4. The summed E-state index contributed by atoms with van der Waals surface area (Å²) in [5.41, 5.74) is 0. The monoisotopic (exact) mass is 264 g/mol. The van der Waals surface area contributed by atoms with Crippen LogP contribution in [0.2, 0.25) is 0 Å².